The molecule has 7 heteroatoms. The number of aromatic nitrogens is 4. The smallest absolute Gasteiger partial charge is 0.387 e. The molecule has 0 radical (unpaired) electrons. The minimum atomic E-state index is -2.85. The van der Waals surface area contributed by atoms with Crippen LogP contribution in [0.5, 0.6) is 5.75 Å². The summed E-state index contributed by atoms with van der Waals surface area (Å²) in [6.07, 6.45) is 3.61. The van der Waals surface area contributed by atoms with Crippen LogP contribution < -0.4 is 4.74 Å². The van der Waals surface area contributed by atoms with Crippen LogP contribution in [0.25, 0.3) is 5.82 Å². The van der Waals surface area contributed by atoms with E-state index in [0.29, 0.717) is 5.82 Å². The fourth-order valence-electron chi connectivity index (χ4n) is 1.62. The summed E-state index contributed by atoms with van der Waals surface area (Å²) < 4.78 is 29.9. The Morgan fingerprint density at radius 1 is 1.32 bits per heavy atom. The average molecular weight is 268 g/mol. The SMILES string of the molecule is CCC(C)c1ncnn1-c1ccc(OC(F)F)cn1. The molecule has 0 aliphatic carbocycles. The highest BCUT2D eigenvalue weighted by Gasteiger charge is 2.13. The molecule has 0 amide bonds. The molecule has 1 unspecified atom stereocenters. The average Bonchev–Trinajstić information content (AvgIpc) is 2.87. The van der Waals surface area contributed by atoms with E-state index in [1.165, 1.54) is 18.6 Å². The van der Waals surface area contributed by atoms with Crippen LogP contribution in [-0.4, -0.2) is 26.4 Å². The van der Waals surface area contributed by atoms with E-state index in [4.69, 9.17) is 0 Å². The number of ether oxygens (including phenoxy) is 1. The van der Waals surface area contributed by atoms with Gasteiger partial charge in [0.15, 0.2) is 5.82 Å². The van der Waals surface area contributed by atoms with Gasteiger partial charge in [0.25, 0.3) is 0 Å². The van der Waals surface area contributed by atoms with Gasteiger partial charge in [-0.05, 0) is 18.6 Å². The number of hydrogen-bond acceptors (Lipinski definition) is 4. The Kier molecular flexibility index (Phi) is 4.03. The van der Waals surface area contributed by atoms with Crippen molar-refractivity contribution in [2.24, 2.45) is 0 Å². The quantitative estimate of drug-likeness (QED) is 0.836. The van der Waals surface area contributed by atoms with E-state index in [0.717, 1.165) is 12.2 Å². The first-order chi connectivity index (χ1) is 9.11. The highest BCUT2D eigenvalue weighted by atomic mass is 19.3. The maximum absolute atomic E-state index is 12.0. The van der Waals surface area contributed by atoms with E-state index < -0.39 is 6.61 Å². The predicted octanol–water partition coefficient (Wildman–Crippen LogP) is 2.78. The maximum atomic E-state index is 12.0. The summed E-state index contributed by atoms with van der Waals surface area (Å²) in [5, 5.41) is 4.10. The second kappa shape index (κ2) is 5.73. The van der Waals surface area contributed by atoms with Crippen LogP contribution in [0.3, 0.4) is 0 Å². The summed E-state index contributed by atoms with van der Waals surface area (Å²) >= 11 is 0. The molecule has 0 saturated carbocycles. The molecule has 0 aliphatic heterocycles. The van der Waals surface area contributed by atoms with Gasteiger partial charge in [0.05, 0.1) is 6.20 Å². The first kappa shape index (κ1) is 13.4. The highest BCUT2D eigenvalue weighted by molar-refractivity contribution is 5.29. The lowest BCUT2D eigenvalue weighted by Gasteiger charge is -2.10. The van der Waals surface area contributed by atoms with Gasteiger partial charge in [-0.3, -0.25) is 0 Å². The molecular weight excluding hydrogens is 254 g/mol. The monoisotopic (exact) mass is 268 g/mol. The number of alkyl halides is 2. The second-order valence-corrected chi connectivity index (χ2v) is 4.07. The Morgan fingerprint density at radius 2 is 2.11 bits per heavy atom. The molecule has 0 aromatic carbocycles. The van der Waals surface area contributed by atoms with Crippen molar-refractivity contribution in [1.29, 1.82) is 0 Å². The zero-order chi connectivity index (χ0) is 13.8. The topological polar surface area (TPSA) is 52.8 Å². The first-order valence-electron chi connectivity index (χ1n) is 5.93. The van der Waals surface area contributed by atoms with E-state index >= 15 is 0 Å². The predicted molar refractivity (Wildman–Crippen MR) is 64.5 cm³/mol. The van der Waals surface area contributed by atoms with Crippen LogP contribution in [-0.2, 0) is 0 Å². The van der Waals surface area contributed by atoms with Crippen molar-refractivity contribution in [2.75, 3.05) is 0 Å². The van der Waals surface area contributed by atoms with Crippen LogP contribution in [0.2, 0.25) is 0 Å². The van der Waals surface area contributed by atoms with Gasteiger partial charge in [-0.15, -0.1) is 0 Å². The van der Waals surface area contributed by atoms with Gasteiger partial charge in [-0.25, -0.2) is 9.97 Å². The van der Waals surface area contributed by atoms with Crippen LogP contribution in [0.15, 0.2) is 24.7 Å². The maximum Gasteiger partial charge on any atom is 0.387 e. The van der Waals surface area contributed by atoms with Crippen LogP contribution in [0, 0.1) is 0 Å². The number of hydrogen-bond donors (Lipinski definition) is 0. The Bertz CT molecular complexity index is 527. The molecule has 0 fully saturated rings. The Labute approximate surface area is 109 Å². The Hall–Kier alpha value is -2.05. The molecule has 1 atom stereocenters. The van der Waals surface area contributed by atoms with Gasteiger partial charge in [0.2, 0.25) is 0 Å². The summed E-state index contributed by atoms with van der Waals surface area (Å²) in [6.45, 7) is 1.24. The molecule has 0 N–H and O–H groups in total. The van der Waals surface area contributed by atoms with Crippen LogP contribution in [0.4, 0.5) is 8.78 Å². The lowest BCUT2D eigenvalue weighted by molar-refractivity contribution is -0.0500. The summed E-state index contributed by atoms with van der Waals surface area (Å²) in [5.74, 6) is 1.57. The largest absolute Gasteiger partial charge is 0.433 e. The zero-order valence-corrected chi connectivity index (χ0v) is 10.6. The van der Waals surface area contributed by atoms with E-state index in [9.17, 15) is 8.78 Å². The number of halogens is 2. The van der Waals surface area contributed by atoms with E-state index in [-0.39, 0.29) is 11.7 Å². The molecule has 102 valence electrons. The number of pyridine rings is 1. The second-order valence-electron chi connectivity index (χ2n) is 4.07. The number of rotatable bonds is 5. The van der Waals surface area contributed by atoms with Crippen LogP contribution >= 0.6 is 0 Å². The molecular formula is C12H14F2N4O. The lowest BCUT2D eigenvalue weighted by Crippen LogP contribution is -2.08. The van der Waals surface area contributed by atoms with Gasteiger partial charge < -0.3 is 4.74 Å². The summed E-state index contributed by atoms with van der Waals surface area (Å²) in [7, 11) is 0. The normalized spacial score (nSPS) is 12.7. The molecule has 2 aromatic rings. The van der Waals surface area contributed by atoms with Crippen molar-refractivity contribution in [1.82, 2.24) is 19.7 Å². The third-order valence-corrected chi connectivity index (χ3v) is 2.79. The van der Waals surface area contributed by atoms with Crippen molar-refractivity contribution in [3.05, 3.63) is 30.5 Å². The molecule has 2 aromatic heterocycles. The fourth-order valence-corrected chi connectivity index (χ4v) is 1.62. The van der Waals surface area contributed by atoms with Gasteiger partial charge in [-0.1, -0.05) is 13.8 Å². The van der Waals surface area contributed by atoms with Crippen molar-refractivity contribution in [2.45, 2.75) is 32.8 Å². The van der Waals surface area contributed by atoms with Gasteiger partial charge >= 0.3 is 6.61 Å². The minimum absolute atomic E-state index is 0.0176. The van der Waals surface area contributed by atoms with Crippen LogP contribution in [0.1, 0.15) is 32.0 Å². The zero-order valence-electron chi connectivity index (χ0n) is 10.6. The Balaban J connectivity index is 2.25. The van der Waals surface area contributed by atoms with Crippen molar-refractivity contribution in [3.8, 4) is 11.6 Å². The molecule has 2 heterocycles. The molecule has 0 saturated heterocycles. The molecule has 2 rings (SSSR count). The molecule has 0 aliphatic rings. The van der Waals surface area contributed by atoms with E-state index in [1.54, 1.807) is 10.7 Å². The standard InChI is InChI=1S/C12H14F2N4O/c1-3-8(2)11-16-7-17-18(11)10-5-4-9(6-15-10)19-12(13)14/h4-8,12H,3H2,1-2H3. The third-order valence-electron chi connectivity index (χ3n) is 2.79. The van der Waals surface area contributed by atoms with E-state index in [2.05, 4.69) is 26.7 Å². The van der Waals surface area contributed by atoms with Gasteiger partial charge in [0.1, 0.15) is 17.9 Å². The molecule has 0 bridgehead atoms. The summed E-state index contributed by atoms with van der Waals surface area (Å²) in [4.78, 5) is 8.25. The molecule has 0 spiro atoms. The first-order valence-corrected chi connectivity index (χ1v) is 5.93. The number of nitrogens with zero attached hydrogens (tertiary/aromatic N) is 4. The van der Waals surface area contributed by atoms with E-state index in [1.807, 2.05) is 6.92 Å². The summed E-state index contributed by atoms with van der Waals surface area (Å²) in [6, 6.07) is 2.99. The minimum Gasteiger partial charge on any atom is -0.433 e. The summed E-state index contributed by atoms with van der Waals surface area (Å²) in [5.41, 5.74) is 0. The van der Waals surface area contributed by atoms with Gasteiger partial charge in [0, 0.05) is 5.92 Å². The van der Waals surface area contributed by atoms with Gasteiger partial charge in [-0.2, -0.15) is 18.6 Å². The fraction of sp³-hybridized carbons (Fsp3) is 0.417. The van der Waals surface area contributed by atoms with Crippen molar-refractivity contribution >= 4 is 0 Å². The third kappa shape index (κ3) is 3.04. The van der Waals surface area contributed by atoms with Crippen molar-refractivity contribution in [3.63, 3.8) is 0 Å². The molecule has 19 heavy (non-hydrogen) atoms. The molecule has 5 nitrogen and oxygen atoms in total. The highest BCUT2D eigenvalue weighted by Crippen LogP contribution is 2.19. The van der Waals surface area contributed by atoms with Crippen molar-refractivity contribution < 1.29 is 13.5 Å². The Morgan fingerprint density at radius 3 is 2.68 bits per heavy atom. The lowest BCUT2D eigenvalue weighted by atomic mass is 10.1.